The Morgan fingerprint density at radius 2 is 2.33 bits per heavy atom. The van der Waals surface area contributed by atoms with Crippen molar-refractivity contribution in [3.05, 3.63) is 12.3 Å². The van der Waals surface area contributed by atoms with Crippen LogP contribution in [0.25, 0.3) is 0 Å². The summed E-state index contributed by atoms with van der Waals surface area (Å²) in [7, 11) is 0. The Kier molecular flexibility index (Phi) is 1.89. The summed E-state index contributed by atoms with van der Waals surface area (Å²) in [5, 5.41) is 16.8. The van der Waals surface area contributed by atoms with Gasteiger partial charge < -0.3 is 10.2 Å². The number of rotatable bonds is 1. The molecule has 3 nitrogen and oxygen atoms in total. The third-order valence-electron chi connectivity index (χ3n) is 0.211. The van der Waals surface area contributed by atoms with Gasteiger partial charge in [-0.3, -0.25) is 0 Å². The van der Waals surface area contributed by atoms with E-state index in [0.717, 1.165) is 0 Å². The van der Waals surface area contributed by atoms with Crippen LogP contribution in [0.3, 0.4) is 0 Å². The molecule has 34 valence electrons. The average Bonchev–Trinajstić information content (AvgIpc) is 1.35. The molecule has 0 amide bonds. The van der Waals surface area contributed by atoms with Crippen LogP contribution in [0, 0.1) is 0 Å². The van der Waals surface area contributed by atoms with E-state index < -0.39 is 5.97 Å². The van der Waals surface area contributed by atoms with Crippen LogP contribution >= 0.6 is 0 Å². The summed E-state index contributed by atoms with van der Waals surface area (Å²) in [4.78, 5) is 9.31. The monoisotopic (exact) mass is 87.0 g/mol. The molecule has 0 bridgehead atoms. The molecule has 0 heterocycles. The van der Waals surface area contributed by atoms with E-state index in [2.05, 4.69) is 0 Å². The second kappa shape index (κ2) is 2.26. The van der Waals surface area contributed by atoms with Crippen molar-refractivity contribution in [2.45, 2.75) is 0 Å². The van der Waals surface area contributed by atoms with Gasteiger partial charge in [0.05, 0.1) is 0 Å². The number of hydrogen-bond donors (Lipinski definition) is 1. The molecule has 0 spiro atoms. The van der Waals surface area contributed by atoms with Gasteiger partial charge in [0.2, 0.25) is 0 Å². The van der Waals surface area contributed by atoms with Crippen LogP contribution in [0.4, 0.5) is 0 Å². The predicted octanol–water partition coefficient (Wildman–Crippen LogP) is -1.05. The first-order valence-electron chi connectivity index (χ1n) is 1.29. The Bertz CT molecular complexity index is 74.1. The quantitative estimate of drug-likeness (QED) is 0.327. The highest BCUT2D eigenvalue weighted by Crippen LogP contribution is 1.59. The summed E-state index contributed by atoms with van der Waals surface area (Å²) < 4.78 is 0. The summed E-state index contributed by atoms with van der Waals surface area (Å²) in [6.45, 7) is 0. The van der Waals surface area contributed by atoms with Crippen molar-refractivity contribution in [2.24, 2.45) is 0 Å². The van der Waals surface area contributed by atoms with Gasteiger partial charge in [-0.2, -0.15) is 0 Å². The number of hydrogen-bond acceptors (Lipinski definition) is 2. The first-order valence-corrected chi connectivity index (χ1v) is 1.29. The van der Waals surface area contributed by atoms with Gasteiger partial charge in [0.1, 0.15) is 0 Å². The zero-order chi connectivity index (χ0) is 4.99. The normalized spacial score (nSPS) is 9.33. The molecular formula is C3H3O3-. The summed E-state index contributed by atoms with van der Waals surface area (Å²) >= 11 is 0. The fraction of sp³-hybridized carbons (Fsp3) is 0. The SMILES string of the molecule is O=C(O)/C=C/[O-]. The highest BCUT2D eigenvalue weighted by atomic mass is 16.4. The summed E-state index contributed by atoms with van der Waals surface area (Å²) in [6, 6.07) is 0. The predicted molar refractivity (Wildman–Crippen MR) is 16.8 cm³/mol. The molecule has 3 heteroatoms. The van der Waals surface area contributed by atoms with E-state index in [1.54, 1.807) is 0 Å². The van der Waals surface area contributed by atoms with E-state index >= 15 is 0 Å². The van der Waals surface area contributed by atoms with Gasteiger partial charge in [-0.05, 0) is 0 Å². The van der Waals surface area contributed by atoms with Gasteiger partial charge in [0.25, 0.3) is 0 Å². The Morgan fingerprint density at radius 1 is 1.83 bits per heavy atom. The van der Waals surface area contributed by atoms with Crippen LogP contribution in [-0.2, 0) is 4.79 Å². The van der Waals surface area contributed by atoms with E-state index in [1.807, 2.05) is 0 Å². The number of aliphatic carboxylic acids is 1. The minimum absolute atomic E-state index is 0.225. The molecule has 0 unspecified atom stereocenters. The minimum atomic E-state index is -1.20. The molecule has 0 aliphatic carbocycles. The summed E-state index contributed by atoms with van der Waals surface area (Å²) in [5.41, 5.74) is 0. The Labute approximate surface area is 34.5 Å². The van der Waals surface area contributed by atoms with Gasteiger partial charge in [-0.15, -0.1) is 6.26 Å². The molecule has 0 aromatic carbocycles. The van der Waals surface area contributed by atoms with Crippen molar-refractivity contribution < 1.29 is 15.0 Å². The Morgan fingerprint density at radius 3 is 2.33 bits per heavy atom. The number of carboxylic acid groups (broad SMARTS) is 1. The molecule has 0 rings (SSSR count). The maximum atomic E-state index is 9.31. The molecule has 0 aromatic rings. The molecule has 0 saturated carbocycles. The standard InChI is InChI=1S/C3H4O3/c4-2-1-3(5)6/h1-2,4H,(H,5,6)/p-1/b2-1+. The van der Waals surface area contributed by atoms with Crippen LogP contribution in [0.2, 0.25) is 0 Å². The van der Waals surface area contributed by atoms with Crippen LogP contribution in [0.15, 0.2) is 12.3 Å². The van der Waals surface area contributed by atoms with Crippen molar-refractivity contribution in [1.29, 1.82) is 0 Å². The maximum Gasteiger partial charge on any atom is 0.327 e. The first-order chi connectivity index (χ1) is 2.77. The third-order valence-corrected chi connectivity index (χ3v) is 0.211. The topological polar surface area (TPSA) is 60.4 Å². The molecule has 0 fully saturated rings. The van der Waals surface area contributed by atoms with Crippen molar-refractivity contribution >= 4 is 5.97 Å². The second-order valence-corrected chi connectivity index (χ2v) is 0.641. The lowest BCUT2D eigenvalue weighted by Crippen LogP contribution is -1.92. The van der Waals surface area contributed by atoms with E-state index in [1.165, 1.54) is 0 Å². The van der Waals surface area contributed by atoms with E-state index in [9.17, 15) is 9.90 Å². The summed E-state index contributed by atoms with van der Waals surface area (Å²) in [5.74, 6) is -1.20. The number of carbonyl (C=O) groups is 1. The average molecular weight is 87.1 g/mol. The van der Waals surface area contributed by atoms with Gasteiger partial charge in [-0.25, -0.2) is 4.79 Å². The Hall–Kier alpha value is -0.990. The lowest BCUT2D eigenvalue weighted by atomic mass is 10.7. The van der Waals surface area contributed by atoms with Gasteiger partial charge in [0.15, 0.2) is 0 Å². The van der Waals surface area contributed by atoms with E-state index in [4.69, 9.17) is 5.11 Å². The first kappa shape index (κ1) is 5.01. The zero-order valence-corrected chi connectivity index (χ0v) is 2.92. The molecule has 0 saturated heterocycles. The van der Waals surface area contributed by atoms with Crippen molar-refractivity contribution in [1.82, 2.24) is 0 Å². The fourth-order valence-electron chi connectivity index (χ4n) is 0.0582. The maximum absolute atomic E-state index is 9.31. The number of carboxylic acids is 1. The molecule has 0 radical (unpaired) electrons. The molecule has 1 N–H and O–H groups in total. The molecular weight excluding hydrogens is 84.0 g/mol. The van der Waals surface area contributed by atoms with Crippen LogP contribution in [0.1, 0.15) is 0 Å². The van der Waals surface area contributed by atoms with Crippen molar-refractivity contribution in [2.75, 3.05) is 0 Å². The molecule has 0 aliphatic rings. The summed E-state index contributed by atoms with van der Waals surface area (Å²) in [6.07, 6.45) is 0.752. The highest BCUT2D eigenvalue weighted by Gasteiger charge is 1.74. The zero-order valence-electron chi connectivity index (χ0n) is 2.92. The lowest BCUT2D eigenvalue weighted by molar-refractivity contribution is -0.275. The lowest BCUT2D eigenvalue weighted by Gasteiger charge is -1.80. The largest absolute Gasteiger partial charge is 0.878 e. The molecule has 6 heavy (non-hydrogen) atoms. The molecule has 0 atom stereocenters. The van der Waals surface area contributed by atoms with Crippen molar-refractivity contribution in [3.63, 3.8) is 0 Å². The van der Waals surface area contributed by atoms with Gasteiger partial charge in [0, 0.05) is 6.08 Å². The highest BCUT2D eigenvalue weighted by molar-refractivity contribution is 5.79. The van der Waals surface area contributed by atoms with Crippen LogP contribution in [-0.4, -0.2) is 11.1 Å². The minimum Gasteiger partial charge on any atom is -0.878 e. The Balaban J connectivity index is 3.30. The van der Waals surface area contributed by atoms with Crippen LogP contribution < -0.4 is 5.11 Å². The van der Waals surface area contributed by atoms with Gasteiger partial charge in [-0.1, -0.05) is 0 Å². The van der Waals surface area contributed by atoms with E-state index in [-0.39, 0.29) is 6.26 Å². The fourth-order valence-corrected chi connectivity index (χ4v) is 0.0582. The van der Waals surface area contributed by atoms with E-state index in [0.29, 0.717) is 6.08 Å². The van der Waals surface area contributed by atoms with Crippen molar-refractivity contribution in [3.8, 4) is 0 Å². The third kappa shape index (κ3) is 3.01. The smallest absolute Gasteiger partial charge is 0.327 e. The second-order valence-electron chi connectivity index (χ2n) is 0.641. The molecule has 0 aromatic heterocycles. The molecule has 0 aliphatic heterocycles. The van der Waals surface area contributed by atoms with Crippen LogP contribution in [0.5, 0.6) is 0 Å². The van der Waals surface area contributed by atoms with Gasteiger partial charge >= 0.3 is 5.97 Å².